The number of nitrogens with one attached hydrogen (secondary N) is 1. The number of aryl methyl sites for hydroxylation is 2. The molecule has 0 spiro atoms. The lowest BCUT2D eigenvalue weighted by atomic mass is 10.2. The van der Waals surface area contributed by atoms with Gasteiger partial charge in [0.1, 0.15) is 5.75 Å². The van der Waals surface area contributed by atoms with Gasteiger partial charge in [0, 0.05) is 24.1 Å². The van der Waals surface area contributed by atoms with Crippen LogP contribution < -0.4 is 14.8 Å². The molecule has 20 heavy (non-hydrogen) atoms. The number of ether oxygens (including phenoxy) is 2. The van der Waals surface area contributed by atoms with Gasteiger partial charge in [0.05, 0.1) is 31.2 Å². The molecule has 1 N–H and O–H groups in total. The summed E-state index contributed by atoms with van der Waals surface area (Å²) in [6.45, 7) is 2.61. The van der Waals surface area contributed by atoms with Crippen molar-refractivity contribution in [3.8, 4) is 11.6 Å². The molecule has 0 unspecified atom stereocenters. The molecule has 0 saturated heterocycles. The number of rotatable bonds is 5. The highest BCUT2D eigenvalue weighted by Gasteiger charge is 2.14. The van der Waals surface area contributed by atoms with Gasteiger partial charge in [-0.3, -0.25) is 0 Å². The Balaban J connectivity index is 2.21. The van der Waals surface area contributed by atoms with Crippen molar-refractivity contribution in [3.63, 3.8) is 0 Å². The van der Waals surface area contributed by atoms with E-state index in [1.165, 1.54) is 0 Å². The van der Waals surface area contributed by atoms with E-state index < -0.39 is 0 Å². The number of hydrogen-bond donors (Lipinski definition) is 1. The van der Waals surface area contributed by atoms with Crippen LogP contribution in [0.1, 0.15) is 11.3 Å². The molecule has 1 aromatic heterocycles. The third-order valence-electron chi connectivity index (χ3n) is 3.11. The van der Waals surface area contributed by atoms with Crippen LogP contribution in [0.5, 0.6) is 11.6 Å². The molecule has 0 bridgehead atoms. The van der Waals surface area contributed by atoms with Gasteiger partial charge in [-0.2, -0.15) is 5.10 Å². The molecule has 2 aromatic rings. The van der Waals surface area contributed by atoms with E-state index in [1.807, 2.05) is 32.2 Å². The SMILES string of the molecule is COc1ccc(Br)c(NCc2c(C)nn(C)c2OC)c1. The highest BCUT2D eigenvalue weighted by atomic mass is 79.9. The number of benzene rings is 1. The van der Waals surface area contributed by atoms with Crippen molar-refractivity contribution in [1.82, 2.24) is 9.78 Å². The van der Waals surface area contributed by atoms with Crippen molar-refractivity contribution in [2.75, 3.05) is 19.5 Å². The molecule has 0 saturated carbocycles. The quantitative estimate of drug-likeness (QED) is 0.909. The first kappa shape index (κ1) is 14.7. The van der Waals surface area contributed by atoms with Crippen LogP contribution in [-0.2, 0) is 13.6 Å². The van der Waals surface area contributed by atoms with Crippen molar-refractivity contribution >= 4 is 21.6 Å². The standard InChI is InChI=1S/C14H18BrN3O2/c1-9-11(14(20-4)18(2)17-9)8-16-13-7-10(19-3)5-6-12(13)15/h5-7,16H,8H2,1-4H3. The fourth-order valence-electron chi connectivity index (χ4n) is 2.09. The topological polar surface area (TPSA) is 48.3 Å². The fraction of sp³-hybridized carbons (Fsp3) is 0.357. The van der Waals surface area contributed by atoms with Crippen LogP contribution in [0, 0.1) is 6.92 Å². The Bertz CT molecular complexity index is 611. The zero-order chi connectivity index (χ0) is 14.7. The van der Waals surface area contributed by atoms with Gasteiger partial charge >= 0.3 is 0 Å². The maximum absolute atomic E-state index is 5.38. The van der Waals surface area contributed by atoms with Crippen LogP contribution >= 0.6 is 15.9 Å². The van der Waals surface area contributed by atoms with E-state index >= 15 is 0 Å². The molecular formula is C14H18BrN3O2. The molecule has 0 aliphatic carbocycles. The second-order valence-corrected chi connectivity index (χ2v) is 5.25. The molecule has 0 aliphatic heterocycles. The second-order valence-electron chi connectivity index (χ2n) is 4.40. The number of hydrogen-bond acceptors (Lipinski definition) is 4. The summed E-state index contributed by atoms with van der Waals surface area (Å²) in [6, 6.07) is 5.81. The first-order valence-electron chi connectivity index (χ1n) is 6.20. The van der Waals surface area contributed by atoms with E-state index in [4.69, 9.17) is 9.47 Å². The molecule has 1 heterocycles. The van der Waals surface area contributed by atoms with Crippen molar-refractivity contribution in [1.29, 1.82) is 0 Å². The minimum atomic E-state index is 0.634. The first-order valence-corrected chi connectivity index (χ1v) is 7.00. The van der Waals surface area contributed by atoms with Crippen LogP contribution in [0.3, 0.4) is 0 Å². The summed E-state index contributed by atoms with van der Waals surface area (Å²) in [6.07, 6.45) is 0. The number of aromatic nitrogens is 2. The number of anilines is 1. The Hall–Kier alpha value is -1.69. The van der Waals surface area contributed by atoms with Gasteiger partial charge in [-0.1, -0.05) is 0 Å². The lowest BCUT2D eigenvalue weighted by molar-refractivity contribution is 0.370. The van der Waals surface area contributed by atoms with Crippen LogP contribution in [0.15, 0.2) is 22.7 Å². The summed E-state index contributed by atoms with van der Waals surface area (Å²) in [5.41, 5.74) is 2.97. The van der Waals surface area contributed by atoms with Crippen molar-refractivity contribution in [2.24, 2.45) is 7.05 Å². The zero-order valence-corrected chi connectivity index (χ0v) is 13.6. The average molecular weight is 340 g/mol. The summed E-state index contributed by atoms with van der Waals surface area (Å²) < 4.78 is 13.3. The summed E-state index contributed by atoms with van der Waals surface area (Å²) in [7, 11) is 5.18. The van der Waals surface area contributed by atoms with Crippen molar-refractivity contribution in [3.05, 3.63) is 33.9 Å². The number of methoxy groups -OCH3 is 2. The van der Waals surface area contributed by atoms with Crippen molar-refractivity contribution in [2.45, 2.75) is 13.5 Å². The largest absolute Gasteiger partial charge is 0.497 e. The molecule has 108 valence electrons. The fourth-order valence-corrected chi connectivity index (χ4v) is 2.48. The smallest absolute Gasteiger partial charge is 0.216 e. The van der Waals surface area contributed by atoms with Crippen LogP contribution in [-0.4, -0.2) is 24.0 Å². The monoisotopic (exact) mass is 339 g/mol. The maximum atomic E-state index is 5.38. The van der Waals surface area contributed by atoms with Gasteiger partial charge in [0.15, 0.2) is 0 Å². The first-order chi connectivity index (χ1) is 9.56. The summed E-state index contributed by atoms with van der Waals surface area (Å²) in [4.78, 5) is 0. The molecule has 0 aliphatic rings. The van der Waals surface area contributed by atoms with Gasteiger partial charge in [0.2, 0.25) is 5.88 Å². The van der Waals surface area contributed by atoms with Crippen LogP contribution in [0.25, 0.3) is 0 Å². The van der Waals surface area contributed by atoms with E-state index in [2.05, 4.69) is 26.3 Å². The molecule has 2 rings (SSSR count). The molecule has 1 aromatic carbocycles. The van der Waals surface area contributed by atoms with Gasteiger partial charge in [-0.05, 0) is 35.0 Å². The average Bonchev–Trinajstić information content (AvgIpc) is 2.71. The second kappa shape index (κ2) is 6.17. The Morgan fingerprint density at radius 3 is 2.70 bits per heavy atom. The summed E-state index contributed by atoms with van der Waals surface area (Å²) in [5, 5.41) is 7.74. The Labute approximate surface area is 127 Å². The van der Waals surface area contributed by atoms with Gasteiger partial charge in [-0.25, -0.2) is 4.68 Å². The van der Waals surface area contributed by atoms with E-state index in [0.717, 1.165) is 33.0 Å². The Morgan fingerprint density at radius 2 is 2.05 bits per heavy atom. The number of halogens is 1. The van der Waals surface area contributed by atoms with Gasteiger partial charge < -0.3 is 14.8 Å². The molecule has 5 nitrogen and oxygen atoms in total. The molecule has 0 fully saturated rings. The molecule has 0 amide bonds. The van der Waals surface area contributed by atoms with Gasteiger partial charge in [0.25, 0.3) is 0 Å². The molecule has 6 heteroatoms. The van der Waals surface area contributed by atoms with Crippen LogP contribution in [0.4, 0.5) is 5.69 Å². The zero-order valence-electron chi connectivity index (χ0n) is 12.0. The lowest BCUT2D eigenvalue weighted by Gasteiger charge is -2.11. The van der Waals surface area contributed by atoms with Crippen LogP contribution in [0.2, 0.25) is 0 Å². The predicted octanol–water partition coefficient (Wildman–Crippen LogP) is 3.12. The molecule has 0 atom stereocenters. The number of nitrogens with zero attached hydrogens (tertiary/aromatic N) is 2. The van der Waals surface area contributed by atoms with E-state index in [9.17, 15) is 0 Å². The Kier molecular flexibility index (Phi) is 4.54. The normalized spacial score (nSPS) is 10.4. The minimum absolute atomic E-state index is 0.634. The summed E-state index contributed by atoms with van der Waals surface area (Å²) >= 11 is 3.52. The van der Waals surface area contributed by atoms with E-state index in [1.54, 1.807) is 18.9 Å². The van der Waals surface area contributed by atoms with E-state index in [0.29, 0.717) is 6.54 Å². The highest BCUT2D eigenvalue weighted by Crippen LogP contribution is 2.29. The Morgan fingerprint density at radius 1 is 1.30 bits per heavy atom. The third-order valence-corrected chi connectivity index (χ3v) is 3.80. The van der Waals surface area contributed by atoms with E-state index in [-0.39, 0.29) is 0 Å². The van der Waals surface area contributed by atoms with Gasteiger partial charge in [-0.15, -0.1) is 0 Å². The maximum Gasteiger partial charge on any atom is 0.216 e. The molecular weight excluding hydrogens is 322 g/mol. The lowest BCUT2D eigenvalue weighted by Crippen LogP contribution is -2.03. The van der Waals surface area contributed by atoms with Crippen molar-refractivity contribution < 1.29 is 9.47 Å². The predicted molar refractivity (Wildman–Crippen MR) is 82.5 cm³/mol. The summed E-state index contributed by atoms with van der Waals surface area (Å²) in [5.74, 6) is 1.58. The third kappa shape index (κ3) is 2.90. The minimum Gasteiger partial charge on any atom is -0.497 e. The molecule has 0 radical (unpaired) electrons. The highest BCUT2D eigenvalue weighted by molar-refractivity contribution is 9.10.